The number of rotatable bonds is 3. The number of nitrogen functional groups attached to an aromatic ring is 1. The molecule has 1 amide bonds. The number of nitrogens with one attached hydrogen (secondary N) is 2. The van der Waals surface area contributed by atoms with Crippen LogP contribution in [-0.4, -0.2) is 21.1 Å². The van der Waals surface area contributed by atoms with E-state index in [1.54, 1.807) is 17.5 Å². The molecular formula is C9H11N5OS. The van der Waals surface area contributed by atoms with E-state index in [2.05, 4.69) is 20.5 Å². The second-order valence-electron chi connectivity index (χ2n) is 3.25. The summed E-state index contributed by atoms with van der Waals surface area (Å²) in [5.41, 5.74) is 5.75. The van der Waals surface area contributed by atoms with Gasteiger partial charge in [0.05, 0.1) is 6.54 Å². The normalized spacial score (nSPS) is 10.3. The number of nitrogens with zero attached hydrogens (tertiary/aromatic N) is 2. The minimum atomic E-state index is -0.239. The van der Waals surface area contributed by atoms with Gasteiger partial charge in [-0.05, 0) is 6.92 Å². The first kappa shape index (κ1) is 10.6. The minimum Gasteiger partial charge on any atom is -0.382 e. The standard InChI is InChI=1S/C9H11N5OS/c1-5-3-11-8(16-5)4-12-9(15)6-2-7(10)14-13-6/h2-3H,4H2,1H3,(H,12,15)(H3,10,13,14). The summed E-state index contributed by atoms with van der Waals surface area (Å²) in [6.07, 6.45) is 1.78. The Morgan fingerprint density at radius 3 is 3.06 bits per heavy atom. The maximum absolute atomic E-state index is 11.6. The summed E-state index contributed by atoms with van der Waals surface area (Å²) in [5, 5.41) is 9.82. The molecule has 0 atom stereocenters. The van der Waals surface area contributed by atoms with Gasteiger partial charge in [0.1, 0.15) is 16.5 Å². The number of hydrogen-bond acceptors (Lipinski definition) is 5. The Balaban J connectivity index is 1.93. The number of carbonyl (C=O) groups is 1. The number of amides is 1. The van der Waals surface area contributed by atoms with E-state index in [9.17, 15) is 4.79 Å². The molecule has 7 heteroatoms. The van der Waals surface area contributed by atoms with Crippen molar-refractivity contribution in [1.82, 2.24) is 20.5 Å². The van der Waals surface area contributed by atoms with Gasteiger partial charge in [-0.25, -0.2) is 4.98 Å². The molecule has 0 aliphatic carbocycles. The number of thiazole rings is 1. The fourth-order valence-electron chi connectivity index (χ4n) is 1.19. The lowest BCUT2D eigenvalue weighted by atomic mass is 10.4. The smallest absolute Gasteiger partial charge is 0.269 e. The van der Waals surface area contributed by atoms with Crippen LogP contribution in [0.4, 0.5) is 5.82 Å². The molecule has 0 aliphatic heterocycles. The molecule has 84 valence electrons. The Morgan fingerprint density at radius 1 is 1.69 bits per heavy atom. The van der Waals surface area contributed by atoms with E-state index in [0.717, 1.165) is 9.88 Å². The molecule has 4 N–H and O–H groups in total. The summed E-state index contributed by atoms with van der Waals surface area (Å²) in [7, 11) is 0. The quantitative estimate of drug-likeness (QED) is 0.731. The summed E-state index contributed by atoms with van der Waals surface area (Å²) in [6, 6.07) is 1.49. The zero-order valence-corrected chi connectivity index (χ0v) is 9.47. The van der Waals surface area contributed by atoms with E-state index < -0.39 is 0 Å². The van der Waals surface area contributed by atoms with Gasteiger partial charge in [-0.3, -0.25) is 9.89 Å². The van der Waals surface area contributed by atoms with Crippen molar-refractivity contribution < 1.29 is 4.79 Å². The van der Waals surface area contributed by atoms with Gasteiger partial charge in [0.15, 0.2) is 0 Å². The van der Waals surface area contributed by atoms with Crippen molar-refractivity contribution in [2.45, 2.75) is 13.5 Å². The maximum atomic E-state index is 11.6. The highest BCUT2D eigenvalue weighted by atomic mass is 32.1. The van der Waals surface area contributed by atoms with Crippen LogP contribution in [-0.2, 0) is 6.54 Å². The largest absolute Gasteiger partial charge is 0.382 e. The lowest BCUT2D eigenvalue weighted by Crippen LogP contribution is -2.23. The van der Waals surface area contributed by atoms with E-state index in [1.165, 1.54) is 6.07 Å². The molecule has 0 fully saturated rings. The molecule has 2 aromatic heterocycles. The van der Waals surface area contributed by atoms with Crippen LogP contribution in [0, 0.1) is 6.92 Å². The molecule has 0 saturated carbocycles. The van der Waals surface area contributed by atoms with E-state index in [1.807, 2.05) is 6.92 Å². The van der Waals surface area contributed by atoms with Gasteiger partial charge >= 0.3 is 0 Å². The van der Waals surface area contributed by atoms with Gasteiger partial charge in [0, 0.05) is 17.1 Å². The topological polar surface area (TPSA) is 96.7 Å². The number of aryl methyl sites for hydroxylation is 1. The molecule has 6 nitrogen and oxygen atoms in total. The summed E-state index contributed by atoms with van der Waals surface area (Å²) < 4.78 is 0. The van der Waals surface area contributed by atoms with Crippen molar-refractivity contribution in [2.75, 3.05) is 5.73 Å². The average molecular weight is 237 g/mol. The number of aromatic amines is 1. The molecule has 0 radical (unpaired) electrons. The van der Waals surface area contributed by atoms with E-state index in [4.69, 9.17) is 5.73 Å². The van der Waals surface area contributed by atoms with E-state index >= 15 is 0 Å². The van der Waals surface area contributed by atoms with Gasteiger partial charge < -0.3 is 11.1 Å². The van der Waals surface area contributed by atoms with Gasteiger partial charge in [-0.15, -0.1) is 11.3 Å². The predicted octanol–water partition coefficient (Wildman–Crippen LogP) is 0.687. The maximum Gasteiger partial charge on any atom is 0.269 e. The van der Waals surface area contributed by atoms with Crippen LogP contribution in [0.3, 0.4) is 0 Å². The SMILES string of the molecule is Cc1cnc(CNC(=O)c2cc(N)n[nH]2)s1. The van der Waals surface area contributed by atoms with Crippen LogP contribution < -0.4 is 11.1 Å². The third-order valence-corrected chi connectivity index (χ3v) is 2.82. The summed E-state index contributed by atoms with van der Waals surface area (Å²) >= 11 is 1.55. The molecule has 0 unspecified atom stereocenters. The van der Waals surface area contributed by atoms with Crippen LogP contribution in [0.5, 0.6) is 0 Å². The van der Waals surface area contributed by atoms with Crippen LogP contribution in [0.2, 0.25) is 0 Å². The highest BCUT2D eigenvalue weighted by Crippen LogP contribution is 2.10. The lowest BCUT2D eigenvalue weighted by molar-refractivity contribution is 0.0946. The van der Waals surface area contributed by atoms with Crippen molar-refractivity contribution >= 4 is 23.1 Å². The van der Waals surface area contributed by atoms with Gasteiger partial charge in [0.2, 0.25) is 0 Å². The molecule has 0 aliphatic rings. The van der Waals surface area contributed by atoms with E-state index in [-0.39, 0.29) is 5.91 Å². The first-order valence-corrected chi connectivity index (χ1v) is 5.47. The fraction of sp³-hybridized carbons (Fsp3) is 0.222. The van der Waals surface area contributed by atoms with Crippen molar-refractivity contribution in [1.29, 1.82) is 0 Å². The Labute approximate surface area is 95.9 Å². The van der Waals surface area contributed by atoms with Crippen molar-refractivity contribution in [3.63, 3.8) is 0 Å². The van der Waals surface area contributed by atoms with Crippen LogP contribution in [0.25, 0.3) is 0 Å². The average Bonchev–Trinajstić information content (AvgIpc) is 2.84. The molecule has 0 bridgehead atoms. The highest BCUT2D eigenvalue weighted by molar-refractivity contribution is 7.11. The van der Waals surface area contributed by atoms with E-state index in [0.29, 0.717) is 18.1 Å². The zero-order chi connectivity index (χ0) is 11.5. The number of hydrogen-bond donors (Lipinski definition) is 3. The first-order chi connectivity index (χ1) is 7.65. The number of aromatic nitrogens is 3. The van der Waals surface area contributed by atoms with Gasteiger partial charge in [-0.2, -0.15) is 5.10 Å². The van der Waals surface area contributed by atoms with Crippen LogP contribution in [0.1, 0.15) is 20.4 Å². The van der Waals surface area contributed by atoms with Crippen molar-refractivity contribution in [2.24, 2.45) is 0 Å². The molecule has 0 saturated heterocycles. The van der Waals surface area contributed by atoms with Crippen molar-refractivity contribution in [3.8, 4) is 0 Å². The second-order valence-corrected chi connectivity index (χ2v) is 4.57. The molecule has 2 heterocycles. The molecule has 0 spiro atoms. The van der Waals surface area contributed by atoms with Gasteiger partial charge in [0.25, 0.3) is 5.91 Å². The zero-order valence-electron chi connectivity index (χ0n) is 8.65. The van der Waals surface area contributed by atoms with Gasteiger partial charge in [-0.1, -0.05) is 0 Å². The minimum absolute atomic E-state index is 0.239. The Kier molecular flexibility index (Phi) is 2.86. The molecule has 0 aromatic carbocycles. The lowest BCUT2D eigenvalue weighted by Gasteiger charge is -1.99. The Hall–Kier alpha value is -1.89. The van der Waals surface area contributed by atoms with Crippen molar-refractivity contribution in [3.05, 3.63) is 27.8 Å². The summed E-state index contributed by atoms with van der Waals surface area (Å²) in [6.45, 7) is 2.38. The highest BCUT2D eigenvalue weighted by Gasteiger charge is 2.08. The molecule has 2 rings (SSSR count). The number of carbonyl (C=O) groups excluding carboxylic acids is 1. The summed E-state index contributed by atoms with van der Waals surface area (Å²) in [4.78, 5) is 16.8. The molecular weight excluding hydrogens is 226 g/mol. The predicted molar refractivity (Wildman–Crippen MR) is 61.0 cm³/mol. The Morgan fingerprint density at radius 2 is 2.50 bits per heavy atom. The number of H-pyrrole nitrogens is 1. The molecule has 2 aromatic rings. The third-order valence-electron chi connectivity index (χ3n) is 1.91. The number of nitrogens with two attached hydrogens (primary N) is 1. The Bertz CT molecular complexity index is 503. The fourth-order valence-corrected chi connectivity index (χ4v) is 1.91. The number of anilines is 1. The van der Waals surface area contributed by atoms with Crippen LogP contribution in [0.15, 0.2) is 12.3 Å². The second kappa shape index (κ2) is 4.31. The molecule has 16 heavy (non-hydrogen) atoms. The van der Waals surface area contributed by atoms with Crippen LogP contribution >= 0.6 is 11.3 Å². The summed E-state index contributed by atoms with van der Waals surface area (Å²) in [5.74, 6) is 0.0623. The first-order valence-electron chi connectivity index (χ1n) is 4.65. The third kappa shape index (κ3) is 2.37. The monoisotopic (exact) mass is 237 g/mol.